The molecule has 6 heteroatoms. The second kappa shape index (κ2) is 8.49. The quantitative estimate of drug-likeness (QED) is 0.838. The van der Waals surface area contributed by atoms with Gasteiger partial charge in [-0.1, -0.05) is 18.2 Å². The molecule has 1 heterocycles. The fourth-order valence-corrected chi connectivity index (χ4v) is 3.00. The largest absolute Gasteiger partial charge is 0.494 e. The van der Waals surface area contributed by atoms with Crippen molar-refractivity contribution in [2.24, 2.45) is 0 Å². The van der Waals surface area contributed by atoms with Crippen molar-refractivity contribution in [3.8, 4) is 5.75 Å². The fraction of sp³-hybridized carbons (Fsp3) is 0.333. The van der Waals surface area contributed by atoms with E-state index < -0.39 is 0 Å². The van der Waals surface area contributed by atoms with E-state index in [9.17, 15) is 9.59 Å². The molecular weight excluding hydrogens is 324 g/mol. The Balaban J connectivity index is 1.91. The lowest BCUT2D eigenvalue weighted by atomic mass is 10.1. The molecule has 0 saturated heterocycles. The van der Waals surface area contributed by atoms with Gasteiger partial charge < -0.3 is 15.0 Å². The van der Waals surface area contributed by atoms with Gasteiger partial charge in [-0.05, 0) is 43.0 Å². The zero-order valence-electron chi connectivity index (χ0n) is 14.1. The predicted molar refractivity (Wildman–Crippen MR) is 95.4 cm³/mol. The van der Waals surface area contributed by atoms with Crippen LogP contribution in [-0.4, -0.2) is 36.9 Å². The number of rotatable bonds is 7. The molecule has 5 nitrogen and oxygen atoms in total. The van der Waals surface area contributed by atoms with Crippen LogP contribution in [0.25, 0.3) is 0 Å². The Morgan fingerprint density at radius 3 is 2.75 bits per heavy atom. The zero-order chi connectivity index (χ0) is 17.5. The third-order valence-electron chi connectivity index (χ3n) is 3.51. The Morgan fingerprint density at radius 2 is 2.08 bits per heavy atom. The third-order valence-corrected chi connectivity index (χ3v) is 4.36. The molecule has 0 aliphatic carbocycles. The van der Waals surface area contributed by atoms with E-state index >= 15 is 0 Å². The lowest BCUT2D eigenvalue weighted by molar-refractivity contribution is -0.122. The van der Waals surface area contributed by atoms with Crippen molar-refractivity contribution >= 4 is 23.2 Å². The molecule has 1 aromatic carbocycles. The first-order chi connectivity index (χ1) is 11.5. The van der Waals surface area contributed by atoms with E-state index in [0.717, 1.165) is 11.3 Å². The van der Waals surface area contributed by atoms with Crippen LogP contribution >= 0.6 is 11.3 Å². The zero-order valence-corrected chi connectivity index (χ0v) is 14.9. The minimum absolute atomic E-state index is 0.0201. The summed E-state index contributed by atoms with van der Waals surface area (Å²) in [6.07, 6.45) is 0. The number of ether oxygens (including phenoxy) is 1. The summed E-state index contributed by atoms with van der Waals surface area (Å²) in [5, 5.41) is 4.75. The number of likely N-dealkylation sites (N-methyl/N-ethyl adjacent to an activating group) is 1. The van der Waals surface area contributed by atoms with E-state index in [2.05, 4.69) is 5.32 Å². The van der Waals surface area contributed by atoms with Gasteiger partial charge in [0.2, 0.25) is 5.91 Å². The molecular formula is C18H22N2O3S. The first-order valence-electron chi connectivity index (χ1n) is 7.82. The van der Waals surface area contributed by atoms with Gasteiger partial charge in [0.1, 0.15) is 5.75 Å². The van der Waals surface area contributed by atoms with Crippen LogP contribution < -0.4 is 10.1 Å². The van der Waals surface area contributed by atoms with Crippen LogP contribution in [0.5, 0.6) is 5.75 Å². The fourth-order valence-electron chi connectivity index (χ4n) is 2.29. The predicted octanol–water partition coefficient (Wildman–Crippen LogP) is 3.10. The summed E-state index contributed by atoms with van der Waals surface area (Å²) in [4.78, 5) is 26.4. The molecule has 0 aliphatic heterocycles. The lowest BCUT2D eigenvalue weighted by Gasteiger charge is -2.19. The highest BCUT2D eigenvalue weighted by molar-refractivity contribution is 7.12. The maximum atomic E-state index is 12.2. The van der Waals surface area contributed by atoms with Gasteiger partial charge in [0.05, 0.1) is 24.1 Å². The molecule has 0 bridgehead atoms. The number of nitrogens with zero attached hydrogens (tertiary/aromatic N) is 1. The Labute approximate surface area is 146 Å². The van der Waals surface area contributed by atoms with E-state index in [1.807, 2.05) is 49.6 Å². The topological polar surface area (TPSA) is 58.6 Å². The van der Waals surface area contributed by atoms with Crippen molar-refractivity contribution in [1.29, 1.82) is 0 Å². The SMILES string of the molecule is CCOc1cccc([C@@H](C)NC(=O)CN(C)C(=O)c2cccs2)c1. The molecule has 0 saturated carbocycles. The average molecular weight is 346 g/mol. The van der Waals surface area contributed by atoms with Crippen LogP contribution in [0.3, 0.4) is 0 Å². The van der Waals surface area contributed by atoms with Crippen LogP contribution in [-0.2, 0) is 4.79 Å². The molecule has 24 heavy (non-hydrogen) atoms. The first-order valence-corrected chi connectivity index (χ1v) is 8.70. The number of amides is 2. The smallest absolute Gasteiger partial charge is 0.264 e. The van der Waals surface area contributed by atoms with E-state index in [1.54, 1.807) is 13.1 Å². The van der Waals surface area contributed by atoms with Gasteiger partial charge in [0.25, 0.3) is 5.91 Å². The summed E-state index contributed by atoms with van der Waals surface area (Å²) in [7, 11) is 1.63. The normalized spacial score (nSPS) is 11.6. The standard InChI is InChI=1S/C18H22N2O3S/c1-4-23-15-8-5-7-14(11-15)13(2)19-17(21)12-20(3)18(22)16-9-6-10-24-16/h5-11,13H,4,12H2,1-3H3,(H,19,21)/t13-/m1/s1. The van der Waals surface area contributed by atoms with Gasteiger partial charge in [0, 0.05) is 7.05 Å². The second-order valence-electron chi connectivity index (χ2n) is 5.43. The second-order valence-corrected chi connectivity index (χ2v) is 6.38. The van der Waals surface area contributed by atoms with Gasteiger partial charge in [-0.3, -0.25) is 9.59 Å². The summed E-state index contributed by atoms with van der Waals surface area (Å²) in [5.74, 6) is 0.434. The number of hydrogen-bond donors (Lipinski definition) is 1. The number of thiophene rings is 1. The molecule has 2 aromatic rings. The summed E-state index contributed by atoms with van der Waals surface area (Å²) < 4.78 is 5.47. The monoisotopic (exact) mass is 346 g/mol. The Morgan fingerprint density at radius 1 is 1.29 bits per heavy atom. The van der Waals surface area contributed by atoms with Crippen LogP contribution in [0.15, 0.2) is 41.8 Å². The van der Waals surface area contributed by atoms with Crippen molar-refractivity contribution in [3.05, 3.63) is 52.2 Å². The molecule has 1 atom stereocenters. The molecule has 1 N–H and O–H groups in total. The van der Waals surface area contributed by atoms with Gasteiger partial charge in [-0.2, -0.15) is 0 Å². The van der Waals surface area contributed by atoms with Crippen molar-refractivity contribution in [1.82, 2.24) is 10.2 Å². The average Bonchev–Trinajstić information content (AvgIpc) is 3.09. The van der Waals surface area contributed by atoms with Crippen LogP contribution in [0.4, 0.5) is 0 Å². The molecule has 2 amide bonds. The minimum Gasteiger partial charge on any atom is -0.494 e. The molecule has 0 aliphatic rings. The first kappa shape index (κ1) is 18.0. The number of carbonyl (C=O) groups excluding carboxylic acids is 2. The summed E-state index contributed by atoms with van der Waals surface area (Å²) >= 11 is 1.37. The van der Waals surface area contributed by atoms with E-state index in [4.69, 9.17) is 4.74 Å². The number of carbonyl (C=O) groups is 2. The summed E-state index contributed by atoms with van der Waals surface area (Å²) in [5.41, 5.74) is 0.960. The highest BCUT2D eigenvalue weighted by Gasteiger charge is 2.17. The van der Waals surface area contributed by atoms with Crippen molar-refractivity contribution in [2.45, 2.75) is 19.9 Å². The van der Waals surface area contributed by atoms with Crippen molar-refractivity contribution in [3.63, 3.8) is 0 Å². The number of nitrogens with one attached hydrogen (secondary N) is 1. The minimum atomic E-state index is -0.197. The van der Waals surface area contributed by atoms with Gasteiger partial charge >= 0.3 is 0 Å². The highest BCUT2D eigenvalue weighted by Crippen LogP contribution is 2.19. The summed E-state index contributed by atoms with van der Waals surface area (Å²) in [6, 6.07) is 11.0. The Kier molecular flexibility index (Phi) is 6.37. The van der Waals surface area contributed by atoms with Crippen LogP contribution in [0, 0.1) is 0 Å². The maximum absolute atomic E-state index is 12.2. The molecule has 0 unspecified atom stereocenters. The highest BCUT2D eigenvalue weighted by atomic mass is 32.1. The van der Waals surface area contributed by atoms with Gasteiger partial charge in [-0.15, -0.1) is 11.3 Å². The van der Waals surface area contributed by atoms with Crippen molar-refractivity contribution < 1.29 is 14.3 Å². The van der Waals surface area contributed by atoms with Crippen LogP contribution in [0.2, 0.25) is 0 Å². The van der Waals surface area contributed by atoms with E-state index in [1.165, 1.54) is 16.2 Å². The number of hydrogen-bond acceptors (Lipinski definition) is 4. The molecule has 0 radical (unpaired) electrons. The Hall–Kier alpha value is -2.34. The summed E-state index contributed by atoms with van der Waals surface area (Å²) in [6.45, 7) is 4.45. The van der Waals surface area contributed by atoms with Crippen LogP contribution in [0.1, 0.15) is 35.1 Å². The molecule has 2 rings (SSSR count). The molecule has 0 fully saturated rings. The molecule has 1 aromatic heterocycles. The third kappa shape index (κ3) is 4.83. The maximum Gasteiger partial charge on any atom is 0.264 e. The lowest BCUT2D eigenvalue weighted by Crippen LogP contribution is -2.39. The Bertz CT molecular complexity index is 685. The van der Waals surface area contributed by atoms with Crippen molar-refractivity contribution in [2.75, 3.05) is 20.2 Å². The van der Waals surface area contributed by atoms with E-state index in [0.29, 0.717) is 11.5 Å². The number of benzene rings is 1. The molecule has 0 spiro atoms. The van der Waals surface area contributed by atoms with E-state index in [-0.39, 0.29) is 24.4 Å². The van der Waals surface area contributed by atoms with Gasteiger partial charge in [-0.25, -0.2) is 0 Å². The van der Waals surface area contributed by atoms with Gasteiger partial charge in [0.15, 0.2) is 0 Å². The molecule has 128 valence electrons.